The summed E-state index contributed by atoms with van der Waals surface area (Å²) >= 11 is 1.36. The second kappa shape index (κ2) is 7.75. The number of carbonyl (C=O) groups excluding carboxylic acids is 1. The van der Waals surface area contributed by atoms with Crippen LogP contribution in [0.1, 0.15) is 38.6 Å². The van der Waals surface area contributed by atoms with Gasteiger partial charge >= 0.3 is 6.18 Å². The number of rotatable bonds is 4. The second-order valence-electron chi connectivity index (χ2n) is 6.47. The molecule has 1 aromatic heterocycles. The number of benzene rings is 1. The van der Waals surface area contributed by atoms with E-state index >= 15 is 0 Å². The number of piperidine rings is 1. The van der Waals surface area contributed by atoms with E-state index in [2.05, 4.69) is 15.2 Å². The molecule has 3 rings (SSSR count). The van der Waals surface area contributed by atoms with Crippen LogP contribution in [0, 0.1) is 6.92 Å². The Hall–Kier alpha value is -1.93. The fraction of sp³-hybridized carbons (Fsp3) is 0.444. The number of aromatic nitrogens is 1. The van der Waals surface area contributed by atoms with Gasteiger partial charge in [0.15, 0.2) is 0 Å². The van der Waals surface area contributed by atoms with E-state index in [4.69, 9.17) is 0 Å². The molecule has 140 valence electrons. The van der Waals surface area contributed by atoms with Gasteiger partial charge in [0, 0.05) is 25.7 Å². The molecule has 0 radical (unpaired) electrons. The lowest BCUT2D eigenvalue weighted by Gasteiger charge is -2.32. The highest BCUT2D eigenvalue weighted by atomic mass is 32.1. The maximum atomic E-state index is 12.8. The zero-order valence-electron chi connectivity index (χ0n) is 14.3. The van der Waals surface area contributed by atoms with Crippen molar-refractivity contribution in [2.75, 3.05) is 13.1 Å². The maximum Gasteiger partial charge on any atom is 0.416 e. The van der Waals surface area contributed by atoms with Gasteiger partial charge in [-0.25, -0.2) is 4.98 Å². The summed E-state index contributed by atoms with van der Waals surface area (Å²) in [5.74, 6) is -0.105. The fourth-order valence-electron chi connectivity index (χ4n) is 3.06. The average Bonchev–Trinajstić information content (AvgIpc) is 3.03. The number of nitrogens with one attached hydrogen (secondary N) is 1. The molecule has 8 heteroatoms. The minimum absolute atomic E-state index is 0.0858. The number of likely N-dealkylation sites (tertiary alicyclic amines) is 1. The van der Waals surface area contributed by atoms with E-state index in [0.717, 1.165) is 37.0 Å². The third-order valence-electron chi connectivity index (χ3n) is 4.43. The van der Waals surface area contributed by atoms with Crippen molar-refractivity contribution in [2.24, 2.45) is 0 Å². The SMILES string of the molecule is Cc1ncc(C(=O)NC2CCN(Cc3cccc(C(F)(F)F)c3)CC2)s1. The molecule has 1 aliphatic rings. The normalized spacial score (nSPS) is 16.6. The van der Waals surface area contributed by atoms with Crippen molar-refractivity contribution in [1.29, 1.82) is 0 Å². The smallest absolute Gasteiger partial charge is 0.348 e. The number of aryl methyl sites for hydroxylation is 1. The third kappa shape index (κ3) is 4.82. The Morgan fingerprint density at radius 1 is 1.35 bits per heavy atom. The van der Waals surface area contributed by atoms with E-state index in [1.54, 1.807) is 12.3 Å². The summed E-state index contributed by atoms with van der Waals surface area (Å²) in [5, 5.41) is 3.87. The standard InChI is InChI=1S/C18H20F3N3OS/c1-12-22-10-16(26-12)17(25)23-15-5-7-24(8-6-15)11-13-3-2-4-14(9-13)18(19,20)21/h2-4,9-10,15H,5-8,11H2,1H3,(H,23,25). The molecular formula is C18H20F3N3OS. The molecule has 2 heterocycles. The first-order valence-electron chi connectivity index (χ1n) is 8.43. The predicted molar refractivity (Wildman–Crippen MR) is 94.1 cm³/mol. The van der Waals surface area contributed by atoms with Crippen LogP contribution < -0.4 is 5.32 Å². The van der Waals surface area contributed by atoms with Crippen LogP contribution in [0.15, 0.2) is 30.5 Å². The maximum absolute atomic E-state index is 12.8. The molecule has 1 amide bonds. The molecule has 1 N–H and O–H groups in total. The Morgan fingerprint density at radius 2 is 2.08 bits per heavy atom. The number of amides is 1. The highest BCUT2D eigenvalue weighted by molar-refractivity contribution is 7.13. The zero-order valence-corrected chi connectivity index (χ0v) is 15.2. The van der Waals surface area contributed by atoms with Gasteiger partial charge in [-0.1, -0.05) is 18.2 Å². The van der Waals surface area contributed by atoms with Gasteiger partial charge in [-0.15, -0.1) is 11.3 Å². The Morgan fingerprint density at radius 3 is 2.69 bits per heavy atom. The molecule has 0 aliphatic carbocycles. The van der Waals surface area contributed by atoms with Crippen LogP contribution >= 0.6 is 11.3 Å². The van der Waals surface area contributed by atoms with Crippen molar-refractivity contribution in [3.8, 4) is 0 Å². The van der Waals surface area contributed by atoms with Crippen molar-refractivity contribution in [3.63, 3.8) is 0 Å². The molecule has 0 atom stereocenters. The lowest BCUT2D eigenvalue weighted by atomic mass is 10.0. The molecule has 26 heavy (non-hydrogen) atoms. The fourth-order valence-corrected chi connectivity index (χ4v) is 3.74. The Labute approximate surface area is 154 Å². The Balaban J connectivity index is 1.50. The highest BCUT2D eigenvalue weighted by Crippen LogP contribution is 2.30. The van der Waals surface area contributed by atoms with E-state index in [1.807, 2.05) is 6.92 Å². The van der Waals surface area contributed by atoms with Crippen molar-refractivity contribution < 1.29 is 18.0 Å². The lowest BCUT2D eigenvalue weighted by Crippen LogP contribution is -2.44. The Bertz CT molecular complexity index is 767. The van der Waals surface area contributed by atoms with E-state index < -0.39 is 11.7 Å². The monoisotopic (exact) mass is 383 g/mol. The molecule has 0 bridgehead atoms. The van der Waals surface area contributed by atoms with Crippen molar-refractivity contribution in [3.05, 3.63) is 51.5 Å². The van der Waals surface area contributed by atoms with Crippen LogP contribution in [-0.2, 0) is 12.7 Å². The van der Waals surface area contributed by atoms with Gasteiger partial charge < -0.3 is 5.32 Å². The summed E-state index contributed by atoms with van der Waals surface area (Å²) < 4.78 is 38.4. The quantitative estimate of drug-likeness (QED) is 0.872. The Kier molecular flexibility index (Phi) is 5.62. The molecule has 4 nitrogen and oxygen atoms in total. The van der Waals surface area contributed by atoms with E-state index in [1.165, 1.54) is 23.5 Å². The number of halogens is 3. The molecule has 0 spiro atoms. The summed E-state index contributed by atoms with van der Waals surface area (Å²) in [7, 11) is 0. The second-order valence-corrected chi connectivity index (χ2v) is 7.70. The topological polar surface area (TPSA) is 45.2 Å². The van der Waals surface area contributed by atoms with E-state index in [0.29, 0.717) is 17.0 Å². The predicted octanol–water partition coefficient (Wildman–Crippen LogP) is 3.86. The zero-order chi connectivity index (χ0) is 18.7. The molecular weight excluding hydrogens is 363 g/mol. The van der Waals surface area contributed by atoms with E-state index in [-0.39, 0.29) is 11.9 Å². The van der Waals surface area contributed by atoms with Crippen molar-refractivity contribution in [2.45, 2.75) is 38.5 Å². The largest absolute Gasteiger partial charge is 0.416 e. The molecule has 1 fully saturated rings. The highest BCUT2D eigenvalue weighted by Gasteiger charge is 2.30. The number of thiazole rings is 1. The molecule has 2 aromatic rings. The molecule has 1 aliphatic heterocycles. The first kappa shape index (κ1) is 18.8. The minimum Gasteiger partial charge on any atom is -0.348 e. The van der Waals surface area contributed by atoms with Crippen molar-refractivity contribution in [1.82, 2.24) is 15.2 Å². The summed E-state index contributed by atoms with van der Waals surface area (Å²) in [6.45, 7) is 3.82. The van der Waals surface area contributed by atoms with E-state index in [9.17, 15) is 18.0 Å². The van der Waals surface area contributed by atoms with Crippen LogP contribution in [0.25, 0.3) is 0 Å². The van der Waals surface area contributed by atoms with Crippen molar-refractivity contribution >= 4 is 17.2 Å². The third-order valence-corrected chi connectivity index (χ3v) is 5.34. The van der Waals surface area contributed by atoms with Gasteiger partial charge in [0.2, 0.25) is 0 Å². The summed E-state index contributed by atoms with van der Waals surface area (Å²) in [5.41, 5.74) is 0.0412. The van der Waals surface area contributed by atoms with Gasteiger partial charge in [-0.3, -0.25) is 9.69 Å². The summed E-state index contributed by atoms with van der Waals surface area (Å²) in [4.78, 5) is 19.0. The molecule has 1 saturated heterocycles. The van der Waals surface area contributed by atoms with Crippen LogP contribution in [0.5, 0.6) is 0 Å². The lowest BCUT2D eigenvalue weighted by molar-refractivity contribution is -0.137. The van der Waals surface area contributed by atoms with Gasteiger partial charge in [0.25, 0.3) is 5.91 Å². The van der Waals surface area contributed by atoms with Gasteiger partial charge in [0.05, 0.1) is 16.8 Å². The number of nitrogens with zero attached hydrogens (tertiary/aromatic N) is 2. The first-order valence-corrected chi connectivity index (χ1v) is 9.25. The van der Waals surface area contributed by atoms with Gasteiger partial charge in [-0.2, -0.15) is 13.2 Å². The number of hydrogen-bond acceptors (Lipinski definition) is 4. The number of carbonyl (C=O) groups is 1. The summed E-state index contributed by atoms with van der Waals surface area (Å²) in [6.07, 6.45) is -1.18. The van der Waals surface area contributed by atoms with Crippen LogP contribution in [0.4, 0.5) is 13.2 Å². The van der Waals surface area contributed by atoms with Crippen LogP contribution in [-0.4, -0.2) is 34.9 Å². The van der Waals surface area contributed by atoms with Gasteiger partial charge in [-0.05, 0) is 31.4 Å². The number of hydrogen-bond donors (Lipinski definition) is 1. The molecule has 0 unspecified atom stereocenters. The average molecular weight is 383 g/mol. The first-order chi connectivity index (χ1) is 12.3. The van der Waals surface area contributed by atoms with Gasteiger partial charge in [0.1, 0.15) is 4.88 Å². The number of alkyl halides is 3. The van der Waals surface area contributed by atoms with Crippen LogP contribution in [0.3, 0.4) is 0 Å². The summed E-state index contributed by atoms with van der Waals surface area (Å²) in [6, 6.07) is 5.55. The molecule has 0 saturated carbocycles. The van der Waals surface area contributed by atoms with Crippen LogP contribution in [0.2, 0.25) is 0 Å². The molecule has 1 aromatic carbocycles. The minimum atomic E-state index is -4.32.